The fraction of sp³-hybridized carbons (Fsp3) is 0.250. The molecule has 0 aliphatic carbocycles. The summed E-state index contributed by atoms with van der Waals surface area (Å²) in [4.78, 5) is 34.3. The van der Waals surface area contributed by atoms with Crippen molar-refractivity contribution in [1.29, 1.82) is 0 Å². The molecule has 0 aliphatic heterocycles. The van der Waals surface area contributed by atoms with Crippen LogP contribution in [0.4, 0.5) is 17.1 Å². The van der Waals surface area contributed by atoms with Gasteiger partial charge in [0.25, 0.3) is 0 Å². The summed E-state index contributed by atoms with van der Waals surface area (Å²) < 4.78 is 0. The van der Waals surface area contributed by atoms with Crippen molar-refractivity contribution in [3.63, 3.8) is 0 Å². The Morgan fingerprint density at radius 2 is 0.905 bits per heavy atom. The molecule has 0 unspecified atom stereocenters. The van der Waals surface area contributed by atoms with Gasteiger partial charge in [0.05, 0.1) is 17.1 Å². The molecule has 1 aromatic carbocycles. The summed E-state index contributed by atoms with van der Waals surface area (Å²) in [5.41, 5.74) is -1.91. The first kappa shape index (κ1) is 16.1. The van der Waals surface area contributed by atoms with Crippen molar-refractivity contribution in [2.24, 2.45) is 0 Å². The molecule has 0 aliphatic rings. The minimum absolute atomic E-state index is 0.0169. The van der Waals surface area contributed by atoms with Gasteiger partial charge in [-0.05, 0) is 0 Å². The number of anilines is 3. The predicted octanol–water partition coefficient (Wildman–Crippen LogP) is 0.906. The van der Waals surface area contributed by atoms with E-state index < -0.39 is 29.0 Å². The van der Waals surface area contributed by atoms with Gasteiger partial charge in [0.15, 0.2) is 0 Å². The highest BCUT2D eigenvalue weighted by atomic mass is 16.4. The molecule has 9 nitrogen and oxygen atoms in total. The van der Waals surface area contributed by atoms with Gasteiger partial charge in [-0.1, -0.05) is 0 Å². The Morgan fingerprint density at radius 1 is 0.619 bits per heavy atom. The van der Waals surface area contributed by atoms with Gasteiger partial charge < -0.3 is 31.3 Å². The van der Waals surface area contributed by atoms with E-state index in [-0.39, 0.29) is 22.6 Å². The standard InChI is InChI=1S/C12H15N3O6/c1-13-7-4(10(16)17)5(11(18)19)8(14-2)9(15-3)6(7)12(20)21/h13-15H,1-3H3,(H,16,17)(H,18,19)(H,20,21). The van der Waals surface area contributed by atoms with Crippen molar-refractivity contribution in [2.45, 2.75) is 0 Å². The van der Waals surface area contributed by atoms with Crippen LogP contribution in [0, 0.1) is 0 Å². The van der Waals surface area contributed by atoms with E-state index in [2.05, 4.69) is 16.0 Å². The summed E-state index contributed by atoms with van der Waals surface area (Å²) >= 11 is 0. The van der Waals surface area contributed by atoms with Crippen molar-refractivity contribution in [3.8, 4) is 0 Å². The molecule has 1 rings (SSSR count). The maximum Gasteiger partial charge on any atom is 0.340 e. The van der Waals surface area contributed by atoms with Crippen LogP contribution in [0.3, 0.4) is 0 Å². The second-order valence-corrected chi connectivity index (χ2v) is 3.92. The lowest BCUT2D eigenvalue weighted by molar-refractivity contribution is 0.0651. The maximum atomic E-state index is 11.4. The van der Waals surface area contributed by atoms with Crippen LogP contribution in [0.15, 0.2) is 0 Å². The molecule has 0 bridgehead atoms. The van der Waals surface area contributed by atoms with Gasteiger partial charge in [0, 0.05) is 21.1 Å². The molecule has 9 heteroatoms. The van der Waals surface area contributed by atoms with Crippen molar-refractivity contribution < 1.29 is 29.7 Å². The summed E-state index contributed by atoms with van der Waals surface area (Å²) in [6.45, 7) is 0. The van der Waals surface area contributed by atoms with Crippen molar-refractivity contribution in [3.05, 3.63) is 16.7 Å². The largest absolute Gasteiger partial charge is 0.478 e. The Balaban J connectivity index is 4.11. The molecule has 21 heavy (non-hydrogen) atoms. The number of hydrogen-bond donors (Lipinski definition) is 6. The number of carboxylic acid groups (broad SMARTS) is 3. The third-order valence-corrected chi connectivity index (χ3v) is 2.89. The molecule has 0 aromatic heterocycles. The SMILES string of the molecule is CNc1c(NC)c(C(=O)O)c(C(=O)O)c(NC)c1C(=O)O. The minimum atomic E-state index is -1.54. The topological polar surface area (TPSA) is 148 Å². The van der Waals surface area contributed by atoms with E-state index >= 15 is 0 Å². The zero-order valence-corrected chi connectivity index (χ0v) is 11.6. The first-order valence-corrected chi connectivity index (χ1v) is 5.78. The van der Waals surface area contributed by atoms with Crippen molar-refractivity contribution >= 4 is 35.0 Å². The minimum Gasteiger partial charge on any atom is -0.478 e. The Bertz CT molecular complexity index is 626. The summed E-state index contributed by atoms with van der Waals surface area (Å²) in [6, 6.07) is 0. The molecule has 114 valence electrons. The van der Waals surface area contributed by atoms with Crippen LogP contribution in [0.5, 0.6) is 0 Å². The van der Waals surface area contributed by atoms with Crippen molar-refractivity contribution in [2.75, 3.05) is 37.1 Å². The van der Waals surface area contributed by atoms with Gasteiger partial charge in [0.1, 0.15) is 16.7 Å². The lowest BCUT2D eigenvalue weighted by atomic mass is 9.95. The third kappa shape index (κ3) is 2.53. The fourth-order valence-electron chi connectivity index (χ4n) is 2.14. The van der Waals surface area contributed by atoms with Gasteiger partial charge in [-0.15, -0.1) is 0 Å². The van der Waals surface area contributed by atoms with Gasteiger partial charge in [-0.2, -0.15) is 0 Å². The Morgan fingerprint density at radius 3 is 1.19 bits per heavy atom. The molecular formula is C12H15N3O6. The number of rotatable bonds is 6. The molecule has 0 fully saturated rings. The van der Waals surface area contributed by atoms with Crippen LogP contribution in [0.2, 0.25) is 0 Å². The number of benzene rings is 1. The molecule has 0 heterocycles. The van der Waals surface area contributed by atoms with Crippen LogP contribution in [0.25, 0.3) is 0 Å². The number of hydrogen-bond acceptors (Lipinski definition) is 6. The van der Waals surface area contributed by atoms with Gasteiger partial charge in [-0.25, -0.2) is 14.4 Å². The predicted molar refractivity (Wildman–Crippen MR) is 76.0 cm³/mol. The van der Waals surface area contributed by atoms with E-state index in [1.165, 1.54) is 21.1 Å². The normalized spacial score (nSPS) is 9.86. The summed E-state index contributed by atoms with van der Waals surface area (Å²) in [7, 11) is 4.10. The zero-order chi connectivity index (χ0) is 16.3. The molecule has 0 amide bonds. The average Bonchev–Trinajstić information content (AvgIpc) is 2.42. The van der Waals surface area contributed by atoms with Crippen molar-refractivity contribution in [1.82, 2.24) is 0 Å². The Labute approximate surface area is 119 Å². The smallest absolute Gasteiger partial charge is 0.340 e. The van der Waals surface area contributed by atoms with Crippen LogP contribution in [-0.4, -0.2) is 54.4 Å². The van der Waals surface area contributed by atoms with E-state index in [0.29, 0.717) is 0 Å². The second kappa shape index (κ2) is 5.99. The zero-order valence-electron chi connectivity index (χ0n) is 11.6. The second-order valence-electron chi connectivity index (χ2n) is 3.92. The highest BCUT2D eigenvalue weighted by Gasteiger charge is 2.32. The van der Waals surface area contributed by atoms with E-state index in [9.17, 15) is 29.7 Å². The summed E-state index contributed by atoms with van der Waals surface area (Å²) in [5, 5.41) is 35.5. The fourth-order valence-corrected chi connectivity index (χ4v) is 2.14. The van der Waals surface area contributed by atoms with E-state index in [1.807, 2.05) is 0 Å². The summed E-state index contributed by atoms with van der Waals surface area (Å²) in [6.07, 6.45) is 0. The Hall–Kier alpha value is -2.97. The quantitative estimate of drug-likeness (QED) is 0.450. The molecule has 0 atom stereocenters. The lowest BCUT2D eigenvalue weighted by Gasteiger charge is -2.21. The average molecular weight is 297 g/mol. The highest BCUT2D eigenvalue weighted by molar-refractivity contribution is 6.18. The molecule has 0 radical (unpaired) electrons. The monoisotopic (exact) mass is 297 g/mol. The summed E-state index contributed by atoms with van der Waals surface area (Å²) in [5.74, 6) is -4.42. The molecular weight excluding hydrogens is 282 g/mol. The number of carbonyl (C=O) groups is 3. The van der Waals surface area contributed by atoms with Gasteiger partial charge in [0.2, 0.25) is 0 Å². The maximum absolute atomic E-state index is 11.4. The first-order valence-electron chi connectivity index (χ1n) is 5.78. The molecule has 0 saturated heterocycles. The lowest BCUT2D eigenvalue weighted by Crippen LogP contribution is -2.20. The number of aromatic carboxylic acids is 3. The number of nitrogens with one attached hydrogen (secondary N) is 3. The van der Waals surface area contributed by atoms with E-state index in [4.69, 9.17) is 0 Å². The van der Waals surface area contributed by atoms with Gasteiger partial charge >= 0.3 is 17.9 Å². The first-order chi connectivity index (χ1) is 9.81. The molecule has 6 N–H and O–H groups in total. The molecule has 0 saturated carbocycles. The van der Waals surface area contributed by atoms with Crippen LogP contribution >= 0.6 is 0 Å². The molecule has 1 aromatic rings. The number of carboxylic acids is 3. The van der Waals surface area contributed by atoms with E-state index in [0.717, 1.165) is 0 Å². The third-order valence-electron chi connectivity index (χ3n) is 2.89. The van der Waals surface area contributed by atoms with Crippen LogP contribution in [0.1, 0.15) is 31.1 Å². The van der Waals surface area contributed by atoms with E-state index in [1.54, 1.807) is 0 Å². The van der Waals surface area contributed by atoms with Crippen LogP contribution in [-0.2, 0) is 0 Å². The van der Waals surface area contributed by atoms with Crippen LogP contribution < -0.4 is 16.0 Å². The Kier molecular flexibility index (Phi) is 4.59. The molecule has 0 spiro atoms. The highest BCUT2D eigenvalue weighted by Crippen LogP contribution is 2.39. The van der Waals surface area contributed by atoms with Gasteiger partial charge in [-0.3, -0.25) is 0 Å².